The second-order valence-corrected chi connectivity index (χ2v) is 8.56. The van der Waals surface area contributed by atoms with Gasteiger partial charge in [0.05, 0.1) is 12.3 Å². The Hall–Kier alpha value is -2.64. The van der Waals surface area contributed by atoms with Crippen molar-refractivity contribution in [2.45, 2.75) is 37.9 Å². The van der Waals surface area contributed by atoms with E-state index < -0.39 is 0 Å². The summed E-state index contributed by atoms with van der Waals surface area (Å²) >= 11 is 1.42. The van der Waals surface area contributed by atoms with Crippen LogP contribution in [-0.2, 0) is 11.3 Å². The molecule has 1 aromatic heterocycles. The molecule has 0 atom stereocenters. The molecule has 1 amide bonds. The van der Waals surface area contributed by atoms with Gasteiger partial charge in [-0.1, -0.05) is 48.5 Å². The van der Waals surface area contributed by atoms with E-state index in [4.69, 9.17) is 0 Å². The lowest BCUT2D eigenvalue weighted by Gasteiger charge is -2.26. The summed E-state index contributed by atoms with van der Waals surface area (Å²) in [5.41, 5.74) is 2.96. The molecule has 1 fully saturated rings. The van der Waals surface area contributed by atoms with Crippen molar-refractivity contribution in [3.8, 4) is 5.69 Å². The number of para-hydroxylation sites is 1. The van der Waals surface area contributed by atoms with Crippen LogP contribution in [0.1, 0.15) is 30.7 Å². The van der Waals surface area contributed by atoms with E-state index in [1.165, 1.54) is 31.0 Å². The Morgan fingerprint density at radius 3 is 2.60 bits per heavy atom. The Morgan fingerprint density at radius 1 is 1.03 bits per heavy atom. The molecule has 6 nitrogen and oxygen atoms in total. The molecule has 0 unspecified atom stereocenters. The molecule has 0 bridgehead atoms. The van der Waals surface area contributed by atoms with E-state index in [2.05, 4.69) is 37.1 Å². The van der Waals surface area contributed by atoms with Crippen LogP contribution in [0.5, 0.6) is 0 Å². The number of carbonyl (C=O) groups excluding carboxylic acids is 1. The smallest absolute Gasteiger partial charge is 0.234 e. The number of thioether (sulfide) groups is 1. The summed E-state index contributed by atoms with van der Waals surface area (Å²) < 4.78 is 2.08. The standard InChI is InChI=1S/C23H27N5OS/c1-18-9-8-10-19(15-18)24-22(29)17-30-23-26-25-21(16-27-13-6-3-7-14-27)28(23)20-11-4-2-5-12-20/h2,4-5,8-12,15H,3,6-7,13-14,16-17H2,1H3,(H,24,29). The third kappa shape index (κ3) is 5.29. The first-order valence-corrected chi connectivity index (χ1v) is 11.4. The third-order valence-electron chi connectivity index (χ3n) is 5.16. The molecule has 0 aliphatic carbocycles. The van der Waals surface area contributed by atoms with Crippen molar-refractivity contribution in [3.63, 3.8) is 0 Å². The maximum Gasteiger partial charge on any atom is 0.234 e. The Bertz CT molecular complexity index is 982. The summed E-state index contributed by atoms with van der Waals surface area (Å²) in [6.45, 7) is 4.99. The van der Waals surface area contributed by atoms with Gasteiger partial charge < -0.3 is 5.32 Å². The predicted molar refractivity (Wildman–Crippen MR) is 121 cm³/mol. The number of piperidine rings is 1. The number of hydrogen-bond donors (Lipinski definition) is 1. The van der Waals surface area contributed by atoms with Crippen molar-refractivity contribution in [1.82, 2.24) is 19.7 Å². The van der Waals surface area contributed by atoms with Crippen molar-refractivity contribution in [1.29, 1.82) is 0 Å². The minimum Gasteiger partial charge on any atom is -0.325 e. The molecule has 0 saturated carbocycles. The number of likely N-dealkylation sites (tertiary alicyclic amines) is 1. The van der Waals surface area contributed by atoms with Crippen molar-refractivity contribution >= 4 is 23.4 Å². The largest absolute Gasteiger partial charge is 0.325 e. The van der Waals surface area contributed by atoms with Crippen LogP contribution in [0.3, 0.4) is 0 Å². The molecule has 2 heterocycles. The summed E-state index contributed by atoms with van der Waals surface area (Å²) in [5, 5.41) is 12.6. The van der Waals surface area contributed by atoms with Gasteiger partial charge in [-0.05, 0) is 62.7 Å². The number of hydrogen-bond acceptors (Lipinski definition) is 5. The number of aromatic nitrogens is 3. The first-order chi connectivity index (χ1) is 14.7. The van der Waals surface area contributed by atoms with Crippen LogP contribution < -0.4 is 5.32 Å². The second-order valence-electron chi connectivity index (χ2n) is 7.61. The van der Waals surface area contributed by atoms with Crippen molar-refractivity contribution in [2.24, 2.45) is 0 Å². The van der Waals surface area contributed by atoms with E-state index >= 15 is 0 Å². The van der Waals surface area contributed by atoms with Gasteiger partial charge in [-0.2, -0.15) is 0 Å². The fourth-order valence-corrected chi connectivity index (χ4v) is 4.47. The summed E-state index contributed by atoms with van der Waals surface area (Å²) in [6, 6.07) is 18.0. The summed E-state index contributed by atoms with van der Waals surface area (Å²) in [4.78, 5) is 14.9. The monoisotopic (exact) mass is 421 g/mol. The summed E-state index contributed by atoms with van der Waals surface area (Å²) in [7, 11) is 0. The van der Waals surface area contributed by atoms with E-state index in [-0.39, 0.29) is 11.7 Å². The number of aryl methyl sites for hydroxylation is 1. The van der Waals surface area contributed by atoms with Crippen LogP contribution in [0.15, 0.2) is 59.8 Å². The minimum absolute atomic E-state index is 0.0502. The molecule has 1 aliphatic rings. The average molecular weight is 422 g/mol. The number of nitrogens with zero attached hydrogens (tertiary/aromatic N) is 4. The lowest BCUT2D eigenvalue weighted by Crippen LogP contribution is -2.30. The SMILES string of the molecule is Cc1cccc(NC(=O)CSc2nnc(CN3CCCCC3)n2-c2ccccc2)c1. The highest BCUT2D eigenvalue weighted by molar-refractivity contribution is 7.99. The van der Waals surface area contributed by atoms with E-state index in [1.54, 1.807) is 0 Å². The molecule has 7 heteroatoms. The Labute approximate surface area is 181 Å². The third-order valence-corrected chi connectivity index (χ3v) is 6.09. The zero-order chi connectivity index (χ0) is 20.8. The average Bonchev–Trinajstić information content (AvgIpc) is 3.16. The van der Waals surface area contributed by atoms with Gasteiger partial charge in [-0.3, -0.25) is 14.3 Å². The van der Waals surface area contributed by atoms with Gasteiger partial charge in [0.1, 0.15) is 0 Å². The predicted octanol–water partition coefficient (Wildman–Crippen LogP) is 4.29. The fraction of sp³-hybridized carbons (Fsp3) is 0.348. The molecule has 2 aromatic carbocycles. The molecular weight excluding hydrogens is 394 g/mol. The van der Waals surface area contributed by atoms with Crippen LogP contribution in [0.4, 0.5) is 5.69 Å². The molecule has 156 valence electrons. The quantitative estimate of drug-likeness (QED) is 0.577. The maximum atomic E-state index is 12.5. The number of carbonyl (C=O) groups is 1. The zero-order valence-corrected chi connectivity index (χ0v) is 18.1. The highest BCUT2D eigenvalue weighted by atomic mass is 32.2. The van der Waals surface area contributed by atoms with E-state index in [1.807, 2.05) is 49.4 Å². The van der Waals surface area contributed by atoms with E-state index in [9.17, 15) is 4.79 Å². The van der Waals surface area contributed by atoms with Crippen LogP contribution in [-0.4, -0.2) is 44.4 Å². The molecule has 30 heavy (non-hydrogen) atoms. The Balaban J connectivity index is 1.48. The molecule has 0 spiro atoms. The molecule has 1 saturated heterocycles. The topological polar surface area (TPSA) is 63.1 Å². The van der Waals surface area contributed by atoms with Gasteiger partial charge in [0, 0.05) is 11.4 Å². The van der Waals surface area contributed by atoms with Crippen LogP contribution in [0.2, 0.25) is 0 Å². The second kappa shape index (κ2) is 9.91. The number of amides is 1. The lowest BCUT2D eigenvalue weighted by molar-refractivity contribution is -0.113. The van der Waals surface area contributed by atoms with Crippen molar-refractivity contribution < 1.29 is 4.79 Å². The van der Waals surface area contributed by atoms with Crippen molar-refractivity contribution in [3.05, 3.63) is 66.0 Å². The highest BCUT2D eigenvalue weighted by Gasteiger charge is 2.19. The van der Waals surface area contributed by atoms with E-state index in [0.717, 1.165) is 47.6 Å². The fourth-order valence-electron chi connectivity index (χ4n) is 3.70. The highest BCUT2D eigenvalue weighted by Crippen LogP contribution is 2.24. The van der Waals surface area contributed by atoms with Gasteiger partial charge in [-0.15, -0.1) is 10.2 Å². The Kier molecular flexibility index (Phi) is 6.81. The number of benzene rings is 2. The number of rotatable bonds is 7. The molecule has 1 N–H and O–H groups in total. The molecular formula is C23H27N5OS. The van der Waals surface area contributed by atoms with Crippen LogP contribution >= 0.6 is 11.8 Å². The Morgan fingerprint density at radius 2 is 1.83 bits per heavy atom. The van der Waals surface area contributed by atoms with Crippen molar-refractivity contribution in [2.75, 3.05) is 24.2 Å². The maximum absolute atomic E-state index is 12.5. The zero-order valence-electron chi connectivity index (χ0n) is 17.3. The van der Waals surface area contributed by atoms with Gasteiger partial charge in [0.2, 0.25) is 5.91 Å². The van der Waals surface area contributed by atoms with Gasteiger partial charge in [0.15, 0.2) is 11.0 Å². The van der Waals surface area contributed by atoms with Gasteiger partial charge >= 0.3 is 0 Å². The van der Waals surface area contributed by atoms with E-state index in [0.29, 0.717) is 0 Å². The van der Waals surface area contributed by atoms with Crippen LogP contribution in [0, 0.1) is 6.92 Å². The minimum atomic E-state index is -0.0502. The normalized spacial score (nSPS) is 14.6. The van der Waals surface area contributed by atoms with Gasteiger partial charge in [0.25, 0.3) is 0 Å². The first-order valence-electron chi connectivity index (χ1n) is 10.4. The lowest BCUT2D eigenvalue weighted by atomic mass is 10.1. The number of nitrogens with one attached hydrogen (secondary N) is 1. The molecule has 4 rings (SSSR count). The first kappa shape index (κ1) is 20.6. The van der Waals surface area contributed by atoms with Crippen LogP contribution in [0.25, 0.3) is 5.69 Å². The molecule has 0 radical (unpaired) electrons. The molecule has 1 aliphatic heterocycles. The number of anilines is 1. The van der Waals surface area contributed by atoms with Gasteiger partial charge in [-0.25, -0.2) is 0 Å². The summed E-state index contributed by atoms with van der Waals surface area (Å²) in [6.07, 6.45) is 3.78. The molecule has 3 aromatic rings. The summed E-state index contributed by atoms with van der Waals surface area (Å²) in [5.74, 6) is 1.15.